The van der Waals surface area contributed by atoms with Gasteiger partial charge in [-0.1, -0.05) is 55.5 Å². The van der Waals surface area contributed by atoms with Crippen LogP contribution < -0.4 is 10.0 Å². The smallest absolute Gasteiger partial charge is 0.255 e. The highest BCUT2D eigenvalue weighted by Gasteiger charge is 2.13. The second-order valence-electron chi connectivity index (χ2n) is 7.10. The number of benzene rings is 1. The Labute approximate surface area is 174 Å². The molecular formula is C23H30N2O3S. The molecule has 0 radical (unpaired) electrons. The van der Waals surface area contributed by atoms with Crippen molar-refractivity contribution in [3.63, 3.8) is 0 Å². The maximum Gasteiger partial charge on any atom is 0.255 e. The number of carbonyl (C=O) groups is 1. The minimum atomic E-state index is -3.32. The molecule has 0 heterocycles. The summed E-state index contributed by atoms with van der Waals surface area (Å²) in [6.07, 6.45) is 14.2. The predicted octanol–water partition coefficient (Wildman–Crippen LogP) is 4.58. The lowest BCUT2D eigenvalue weighted by molar-refractivity contribution is -0.112. The fourth-order valence-electron chi connectivity index (χ4n) is 2.79. The Balaban J connectivity index is 1.98. The molecule has 0 saturated heterocycles. The Bertz CT molecular complexity index is 921. The summed E-state index contributed by atoms with van der Waals surface area (Å²) in [4.78, 5) is 12.6. The third-order valence-corrected chi connectivity index (χ3v) is 6.34. The summed E-state index contributed by atoms with van der Waals surface area (Å²) >= 11 is 0. The number of hydrogen-bond acceptors (Lipinski definition) is 3. The van der Waals surface area contributed by atoms with E-state index in [0.717, 1.165) is 24.1 Å². The normalized spacial score (nSPS) is 15.0. The van der Waals surface area contributed by atoms with Crippen LogP contribution in [0.5, 0.6) is 0 Å². The average molecular weight is 415 g/mol. The van der Waals surface area contributed by atoms with Gasteiger partial charge in [0.2, 0.25) is 10.0 Å². The Morgan fingerprint density at radius 3 is 2.52 bits per heavy atom. The SMILES string of the molecule is CC/C=C(\C=C/CNS(=O)(=O)C(C)C)C(=O)Nc1ccc(C2=CC=CCC2)cc1. The molecule has 1 aromatic carbocycles. The Hall–Kier alpha value is -2.44. The first kappa shape index (κ1) is 22.8. The number of amides is 1. The van der Waals surface area contributed by atoms with Crippen LogP contribution in [0, 0.1) is 0 Å². The molecule has 0 unspecified atom stereocenters. The van der Waals surface area contributed by atoms with Gasteiger partial charge in [0.1, 0.15) is 0 Å². The lowest BCUT2D eigenvalue weighted by atomic mass is 9.97. The number of allylic oxidation sites excluding steroid dienone is 5. The molecule has 5 nitrogen and oxygen atoms in total. The van der Waals surface area contributed by atoms with E-state index < -0.39 is 15.3 Å². The van der Waals surface area contributed by atoms with Crippen LogP contribution in [-0.4, -0.2) is 26.1 Å². The van der Waals surface area contributed by atoms with Crippen molar-refractivity contribution in [2.24, 2.45) is 0 Å². The summed E-state index contributed by atoms with van der Waals surface area (Å²) in [7, 11) is -3.32. The summed E-state index contributed by atoms with van der Waals surface area (Å²) < 4.78 is 26.0. The van der Waals surface area contributed by atoms with Crippen LogP contribution in [0.2, 0.25) is 0 Å². The first-order valence-corrected chi connectivity index (χ1v) is 11.5. The topological polar surface area (TPSA) is 75.3 Å². The van der Waals surface area contributed by atoms with Gasteiger partial charge in [-0.25, -0.2) is 13.1 Å². The summed E-state index contributed by atoms with van der Waals surface area (Å²) in [5.41, 5.74) is 3.68. The number of sulfonamides is 1. The van der Waals surface area contributed by atoms with Crippen LogP contribution in [0.25, 0.3) is 5.57 Å². The molecule has 0 saturated carbocycles. The van der Waals surface area contributed by atoms with E-state index in [9.17, 15) is 13.2 Å². The van der Waals surface area contributed by atoms with Gasteiger partial charge in [-0.15, -0.1) is 0 Å². The monoisotopic (exact) mass is 414 g/mol. The molecule has 2 N–H and O–H groups in total. The number of carbonyl (C=O) groups excluding carboxylic acids is 1. The first-order chi connectivity index (χ1) is 13.8. The van der Waals surface area contributed by atoms with E-state index in [-0.39, 0.29) is 12.5 Å². The van der Waals surface area contributed by atoms with Gasteiger partial charge >= 0.3 is 0 Å². The molecule has 0 fully saturated rings. The fourth-order valence-corrected chi connectivity index (χ4v) is 3.45. The van der Waals surface area contributed by atoms with E-state index in [0.29, 0.717) is 12.0 Å². The number of nitrogens with one attached hydrogen (secondary N) is 2. The highest BCUT2D eigenvalue weighted by molar-refractivity contribution is 7.90. The summed E-state index contributed by atoms with van der Waals surface area (Å²) in [6, 6.07) is 7.83. The van der Waals surface area contributed by atoms with Gasteiger partial charge in [-0.2, -0.15) is 0 Å². The second kappa shape index (κ2) is 10.9. The van der Waals surface area contributed by atoms with E-state index in [4.69, 9.17) is 0 Å². The lowest BCUT2D eigenvalue weighted by Crippen LogP contribution is -2.30. The number of rotatable bonds is 9. The molecule has 29 heavy (non-hydrogen) atoms. The molecule has 0 spiro atoms. The van der Waals surface area contributed by atoms with Crippen molar-refractivity contribution in [1.29, 1.82) is 0 Å². The molecule has 0 aromatic heterocycles. The van der Waals surface area contributed by atoms with Crippen LogP contribution in [0.15, 0.2) is 66.3 Å². The number of anilines is 1. The minimum Gasteiger partial charge on any atom is -0.322 e. The van der Waals surface area contributed by atoms with Crippen LogP contribution in [0.3, 0.4) is 0 Å². The zero-order valence-electron chi connectivity index (χ0n) is 17.3. The average Bonchev–Trinajstić information content (AvgIpc) is 2.71. The molecule has 1 aliphatic carbocycles. The zero-order valence-corrected chi connectivity index (χ0v) is 18.1. The molecular weight excluding hydrogens is 384 g/mol. The van der Waals surface area contributed by atoms with E-state index in [1.54, 1.807) is 26.0 Å². The van der Waals surface area contributed by atoms with Crippen LogP contribution in [-0.2, 0) is 14.8 Å². The van der Waals surface area contributed by atoms with Crippen LogP contribution in [0.1, 0.15) is 45.6 Å². The van der Waals surface area contributed by atoms with Gasteiger partial charge in [0, 0.05) is 17.8 Å². The zero-order chi connectivity index (χ0) is 21.3. The highest BCUT2D eigenvalue weighted by atomic mass is 32.2. The quantitative estimate of drug-likeness (QED) is 0.459. The molecule has 1 amide bonds. The fraction of sp³-hybridized carbons (Fsp3) is 0.348. The third-order valence-electron chi connectivity index (χ3n) is 4.53. The number of hydrogen-bond donors (Lipinski definition) is 2. The van der Waals surface area contributed by atoms with Gasteiger partial charge in [0.05, 0.1) is 5.25 Å². The Kier molecular flexibility index (Phi) is 8.61. The van der Waals surface area contributed by atoms with Gasteiger partial charge in [0.25, 0.3) is 5.91 Å². The van der Waals surface area contributed by atoms with Gasteiger partial charge in [0.15, 0.2) is 0 Å². The molecule has 156 valence electrons. The highest BCUT2D eigenvalue weighted by Crippen LogP contribution is 2.24. The van der Waals surface area contributed by atoms with Crippen molar-refractivity contribution < 1.29 is 13.2 Å². The lowest BCUT2D eigenvalue weighted by Gasteiger charge is -2.11. The van der Waals surface area contributed by atoms with Crippen molar-refractivity contribution in [2.75, 3.05) is 11.9 Å². The molecule has 1 aromatic rings. The summed E-state index contributed by atoms with van der Waals surface area (Å²) in [5, 5.41) is 2.41. The minimum absolute atomic E-state index is 0.146. The molecule has 2 rings (SSSR count). The molecule has 0 atom stereocenters. The molecule has 0 bridgehead atoms. The Morgan fingerprint density at radius 1 is 1.21 bits per heavy atom. The van der Waals surface area contributed by atoms with E-state index in [1.165, 1.54) is 5.57 Å². The van der Waals surface area contributed by atoms with Crippen molar-refractivity contribution in [1.82, 2.24) is 4.72 Å². The van der Waals surface area contributed by atoms with E-state index >= 15 is 0 Å². The molecule has 6 heteroatoms. The van der Waals surface area contributed by atoms with Gasteiger partial charge in [-0.3, -0.25) is 4.79 Å². The molecule has 0 aliphatic heterocycles. The third kappa shape index (κ3) is 7.15. The predicted molar refractivity (Wildman–Crippen MR) is 121 cm³/mol. The summed E-state index contributed by atoms with van der Waals surface area (Å²) in [5.74, 6) is -0.220. The van der Waals surface area contributed by atoms with E-state index in [2.05, 4.69) is 28.3 Å². The van der Waals surface area contributed by atoms with Crippen molar-refractivity contribution >= 4 is 27.2 Å². The Morgan fingerprint density at radius 2 is 1.93 bits per heavy atom. The van der Waals surface area contributed by atoms with E-state index in [1.807, 2.05) is 37.3 Å². The van der Waals surface area contributed by atoms with Crippen molar-refractivity contribution in [3.05, 3.63) is 71.9 Å². The van der Waals surface area contributed by atoms with Crippen LogP contribution >= 0.6 is 0 Å². The first-order valence-electron chi connectivity index (χ1n) is 9.96. The van der Waals surface area contributed by atoms with Gasteiger partial charge < -0.3 is 5.32 Å². The van der Waals surface area contributed by atoms with Gasteiger partial charge in [-0.05, 0) is 56.4 Å². The maximum atomic E-state index is 12.6. The standard InChI is InChI=1S/C23H30N2O3S/c1-4-9-21(12-8-17-24-29(27,28)18(2)3)23(26)25-22-15-13-20(14-16-22)19-10-6-5-7-11-19/h5-6,8-10,12-16,18,24H,4,7,11,17H2,1-3H3,(H,25,26)/b12-8-,21-9+. The largest absolute Gasteiger partial charge is 0.322 e. The van der Waals surface area contributed by atoms with Crippen LogP contribution in [0.4, 0.5) is 5.69 Å². The second-order valence-corrected chi connectivity index (χ2v) is 9.42. The van der Waals surface area contributed by atoms with Crippen molar-refractivity contribution in [3.8, 4) is 0 Å². The molecule has 1 aliphatic rings. The maximum absolute atomic E-state index is 12.6. The van der Waals surface area contributed by atoms with Crippen molar-refractivity contribution in [2.45, 2.75) is 45.3 Å². The summed E-state index contributed by atoms with van der Waals surface area (Å²) in [6.45, 7) is 5.33.